The normalized spacial score (nSPS) is 21.0. The number of hydrogen-bond acceptors (Lipinski definition) is 1. The molecule has 2 fully saturated rings. The first-order valence-electron chi connectivity index (χ1n) is 6.96. The monoisotopic (exact) mass is 287 g/mol. The Morgan fingerprint density at radius 3 is 2.40 bits per heavy atom. The first-order valence-corrected chi connectivity index (χ1v) is 6.96. The van der Waals surface area contributed by atoms with E-state index in [9.17, 15) is 17.6 Å². The molecule has 2 aliphatic carbocycles. The molecule has 0 aliphatic heterocycles. The van der Waals surface area contributed by atoms with Gasteiger partial charge in [0.25, 0.3) is 0 Å². The second-order valence-electron chi connectivity index (χ2n) is 6.09. The van der Waals surface area contributed by atoms with Crippen molar-refractivity contribution in [1.29, 1.82) is 0 Å². The minimum absolute atomic E-state index is 0.287. The average molecular weight is 287 g/mol. The molecule has 1 N–H and O–H groups in total. The smallest absolute Gasteiger partial charge is 0.312 e. The zero-order chi connectivity index (χ0) is 14.4. The Morgan fingerprint density at radius 2 is 1.85 bits per heavy atom. The zero-order valence-corrected chi connectivity index (χ0v) is 11.1. The molecule has 1 nitrogen and oxygen atoms in total. The fourth-order valence-corrected chi connectivity index (χ4v) is 2.96. The largest absolute Gasteiger partial charge is 0.416 e. The lowest BCUT2D eigenvalue weighted by molar-refractivity contribution is -0.137. The number of halogens is 4. The summed E-state index contributed by atoms with van der Waals surface area (Å²) in [7, 11) is 0. The lowest BCUT2D eigenvalue weighted by Gasteiger charge is -2.15. The SMILES string of the molecule is Fc1cc(CNCC2(C3CC3)CC2)cc(C(F)(F)F)c1. The minimum atomic E-state index is -4.50. The molecular formula is C15H17F4N. The number of rotatable bonds is 5. The number of nitrogens with one attached hydrogen (secondary N) is 1. The van der Waals surface area contributed by atoms with Crippen LogP contribution in [0.15, 0.2) is 18.2 Å². The summed E-state index contributed by atoms with van der Waals surface area (Å²) < 4.78 is 51.0. The van der Waals surface area contributed by atoms with E-state index in [4.69, 9.17) is 0 Å². The highest BCUT2D eigenvalue weighted by molar-refractivity contribution is 5.26. The number of benzene rings is 1. The summed E-state index contributed by atoms with van der Waals surface area (Å²) >= 11 is 0. The van der Waals surface area contributed by atoms with Gasteiger partial charge in [-0.15, -0.1) is 0 Å². The molecule has 0 saturated heterocycles. The fraction of sp³-hybridized carbons (Fsp3) is 0.600. The third-order valence-electron chi connectivity index (χ3n) is 4.43. The van der Waals surface area contributed by atoms with Crippen LogP contribution in [0.3, 0.4) is 0 Å². The van der Waals surface area contributed by atoms with Gasteiger partial charge in [0, 0.05) is 13.1 Å². The van der Waals surface area contributed by atoms with Gasteiger partial charge in [-0.05, 0) is 60.8 Å². The lowest BCUT2D eigenvalue weighted by Crippen LogP contribution is -2.25. The van der Waals surface area contributed by atoms with E-state index in [0.29, 0.717) is 17.0 Å². The maximum Gasteiger partial charge on any atom is 0.416 e. The molecule has 0 spiro atoms. The molecule has 3 rings (SSSR count). The molecular weight excluding hydrogens is 270 g/mol. The molecule has 2 aliphatic rings. The Morgan fingerprint density at radius 1 is 1.15 bits per heavy atom. The van der Waals surface area contributed by atoms with Crippen LogP contribution < -0.4 is 5.32 Å². The maximum atomic E-state index is 13.2. The van der Waals surface area contributed by atoms with Crippen LogP contribution in [0.1, 0.15) is 36.8 Å². The van der Waals surface area contributed by atoms with Crippen molar-refractivity contribution < 1.29 is 17.6 Å². The van der Waals surface area contributed by atoms with E-state index in [1.807, 2.05) is 0 Å². The second-order valence-corrected chi connectivity index (χ2v) is 6.09. The minimum Gasteiger partial charge on any atom is -0.312 e. The van der Waals surface area contributed by atoms with E-state index in [1.54, 1.807) is 0 Å². The van der Waals surface area contributed by atoms with Gasteiger partial charge in [0.1, 0.15) is 5.82 Å². The number of alkyl halides is 3. The summed E-state index contributed by atoms with van der Waals surface area (Å²) in [5.74, 6) is -0.0341. The summed E-state index contributed by atoms with van der Waals surface area (Å²) in [4.78, 5) is 0. The van der Waals surface area contributed by atoms with Gasteiger partial charge in [0.15, 0.2) is 0 Å². The molecule has 5 heteroatoms. The van der Waals surface area contributed by atoms with Crippen LogP contribution in [0.4, 0.5) is 17.6 Å². The van der Waals surface area contributed by atoms with Gasteiger partial charge in [-0.1, -0.05) is 0 Å². The van der Waals surface area contributed by atoms with Gasteiger partial charge >= 0.3 is 6.18 Å². The third-order valence-corrected chi connectivity index (χ3v) is 4.43. The van der Waals surface area contributed by atoms with Crippen LogP contribution >= 0.6 is 0 Å². The van der Waals surface area contributed by atoms with Gasteiger partial charge in [0.05, 0.1) is 5.56 Å². The summed E-state index contributed by atoms with van der Waals surface area (Å²) in [5, 5.41) is 3.20. The van der Waals surface area contributed by atoms with Crippen molar-refractivity contribution in [2.45, 2.75) is 38.4 Å². The van der Waals surface area contributed by atoms with Crippen LogP contribution in [0, 0.1) is 17.2 Å². The quantitative estimate of drug-likeness (QED) is 0.803. The predicted octanol–water partition coefficient (Wildman–Crippen LogP) is 4.12. The first-order chi connectivity index (χ1) is 9.39. The Balaban J connectivity index is 1.61. The van der Waals surface area contributed by atoms with E-state index in [1.165, 1.54) is 31.7 Å². The molecule has 0 radical (unpaired) electrons. The Labute approximate surface area is 115 Å². The molecule has 1 aromatic carbocycles. The average Bonchev–Trinajstić information content (AvgIpc) is 3.21. The van der Waals surface area contributed by atoms with Gasteiger partial charge in [-0.25, -0.2) is 4.39 Å². The Bertz CT molecular complexity index is 501. The molecule has 0 amide bonds. The van der Waals surface area contributed by atoms with E-state index in [0.717, 1.165) is 18.5 Å². The van der Waals surface area contributed by atoms with Gasteiger partial charge < -0.3 is 5.32 Å². The molecule has 2 saturated carbocycles. The molecule has 20 heavy (non-hydrogen) atoms. The zero-order valence-electron chi connectivity index (χ0n) is 11.1. The van der Waals surface area contributed by atoms with Crippen LogP contribution in [0.2, 0.25) is 0 Å². The number of hydrogen-bond donors (Lipinski definition) is 1. The van der Waals surface area contributed by atoms with E-state index >= 15 is 0 Å². The Hall–Kier alpha value is -1.10. The van der Waals surface area contributed by atoms with Gasteiger partial charge in [-0.3, -0.25) is 0 Å². The topological polar surface area (TPSA) is 12.0 Å². The third kappa shape index (κ3) is 2.97. The summed E-state index contributed by atoms with van der Waals surface area (Å²) in [5.41, 5.74) is -0.179. The summed E-state index contributed by atoms with van der Waals surface area (Å²) in [6.07, 6.45) is 0.478. The van der Waals surface area contributed by atoms with Crippen molar-refractivity contribution in [2.75, 3.05) is 6.54 Å². The van der Waals surface area contributed by atoms with Crippen LogP contribution in [0.5, 0.6) is 0 Å². The summed E-state index contributed by atoms with van der Waals surface area (Å²) in [6.45, 7) is 1.12. The van der Waals surface area contributed by atoms with Gasteiger partial charge in [0.2, 0.25) is 0 Å². The fourth-order valence-electron chi connectivity index (χ4n) is 2.96. The second kappa shape index (κ2) is 4.72. The molecule has 1 aromatic rings. The van der Waals surface area contributed by atoms with Crippen molar-refractivity contribution in [2.24, 2.45) is 11.3 Å². The molecule has 0 heterocycles. The molecule has 0 atom stereocenters. The lowest BCUT2D eigenvalue weighted by atomic mass is 10.0. The predicted molar refractivity (Wildman–Crippen MR) is 67.5 cm³/mol. The van der Waals surface area contributed by atoms with Gasteiger partial charge in [-0.2, -0.15) is 13.2 Å². The summed E-state index contributed by atoms with van der Waals surface area (Å²) in [6, 6.07) is 2.72. The van der Waals surface area contributed by atoms with E-state index in [-0.39, 0.29) is 6.54 Å². The van der Waals surface area contributed by atoms with Crippen molar-refractivity contribution in [3.05, 3.63) is 35.1 Å². The van der Waals surface area contributed by atoms with Crippen LogP contribution in [0.25, 0.3) is 0 Å². The maximum absolute atomic E-state index is 13.2. The highest BCUT2D eigenvalue weighted by Gasteiger charge is 2.53. The van der Waals surface area contributed by atoms with E-state index < -0.39 is 17.6 Å². The highest BCUT2D eigenvalue weighted by atomic mass is 19.4. The van der Waals surface area contributed by atoms with Crippen LogP contribution in [-0.2, 0) is 12.7 Å². The first kappa shape index (κ1) is 13.9. The molecule has 0 bridgehead atoms. The van der Waals surface area contributed by atoms with Crippen molar-refractivity contribution in [3.8, 4) is 0 Å². The van der Waals surface area contributed by atoms with Crippen molar-refractivity contribution in [3.63, 3.8) is 0 Å². The van der Waals surface area contributed by atoms with E-state index in [2.05, 4.69) is 5.32 Å². The van der Waals surface area contributed by atoms with Crippen LogP contribution in [-0.4, -0.2) is 6.54 Å². The van der Waals surface area contributed by atoms with Crippen molar-refractivity contribution >= 4 is 0 Å². The van der Waals surface area contributed by atoms with Crippen molar-refractivity contribution in [1.82, 2.24) is 5.32 Å². The highest BCUT2D eigenvalue weighted by Crippen LogP contribution is 2.60. The standard InChI is InChI=1S/C15H17F4N/c16-13-6-10(5-12(7-13)15(17,18)19)8-20-9-14(3-4-14)11-1-2-11/h5-7,11,20H,1-4,8-9H2. The molecule has 0 unspecified atom stereocenters. The molecule has 0 aromatic heterocycles. The molecule has 110 valence electrons. The Kier molecular flexibility index (Phi) is 3.27.